The van der Waals surface area contributed by atoms with Gasteiger partial charge in [0, 0.05) is 5.56 Å². The molecule has 34 heavy (non-hydrogen) atoms. The Labute approximate surface area is 199 Å². The van der Waals surface area contributed by atoms with Gasteiger partial charge in [0.15, 0.2) is 0 Å². The Balaban J connectivity index is 1.34. The summed E-state index contributed by atoms with van der Waals surface area (Å²) in [6, 6.07) is 14.8. The molecule has 1 aliphatic rings. The fourth-order valence-corrected chi connectivity index (χ4v) is 4.37. The van der Waals surface area contributed by atoms with Crippen LogP contribution in [0, 0.1) is 25.2 Å². The van der Waals surface area contributed by atoms with Gasteiger partial charge in [-0.1, -0.05) is 24.3 Å². The zero-order valence-corrected chi connectivity index (χ0v) is 19.4. The Hall–Kier alpha value is -3.47. The van der Waals surface area contributed by atoms with Gasteiger partial charge in [-0.2, -0.15) is 5.26 Å². The second-order valence-electron chi connectivity index (χ2n) is 8.66. The van der Waals surface area contributed by atoms with Gasteiger partial charge >= 0.3 is 5.97 Å². The Morgan fingerprint density at radius 2 is 1.88 bits per heavy atom. The van der Waals surface area contributed by atoms with Gasteiger partial charge in [0.1, 0.15) is 11.5 Å². The Morgan fingerprint density at radius 1 is 1.15 bits per heavy atom. The molecule has 1 aromatic heterocycles. The molecule has 3 aromatic rings. The van der Waals surface area contributed by atoms with Crippen LogP contribution in [0.5, 0.6) is 0 Å². The van der Waals surface area contributed by atoms with Crippen LogP contribution in [0.4, 0.5) is 0 Å². The van der Waals surface area contributed by atoms with E-state index in [0.29, 0.717) is 34.9 Å². The van der Waals surface area contributed by atoms with E-state index in [2.05, 4.69) is 11.1 Å². The van der Waals surface area contributed by atoms with Gasteiger partial charge in [-0.25, -0.2) is 9.78 Å². The summed E-state index contributed by atoms with van der Waals surface area (Å²) in [5, 5.41) is 18.6. The number of ether oxygens (including phenoxy) is 2. The quantitative estimate of drug-likeness (QED) is 0.468. The van der Waals surface area contributed by atoms with Crippen LogP contribution in [-0.4, -0.2) is 28.3 Å². The Bertz CT molecular complexity index is 1210. The first-order valence-corrected chi connectivity index (χ1v) is 11.5. The average Bonchev–Trinajstić information content (AvgIpc) is 3.22. The molecule has 0 radical (unpaired) electrons. The van der Waals surface area contributed by atoms with Crippen molar-refractivity contribution in [1.82, 2.24) is 4.98 Å². The second kappa shape index (κ2) is 10.6. The van der Waals surface area contributed by atoms with E-state index in [4.69, 9.17) is 19.2 Å². The van der Waals surface area contributed by atoms with E-state index >= 15 is 0 Å². The number of hydrogen-bond donors (Lipinski definition) is 1. The van der Waals surface area contributed by atoms with Crippen molar-refractivity contribution in [3.05, 3.63) is 76.2 Å². The zero-order chi connectivity index (χ0) is 24.1. The van der Waals surface area contributed by atoms with Crippen LogP contribution in [0.25, 0.3) is 11.5 Å². The fraction of sp³-hybridized carbons (Fsp3) is 0.370. The van der Waals surface area contributed by atoms with E-state index in [-0.39, 0.29) is 18.8 Å². The first-order valence-electron chi connectivity index (χ1n) is 11.5. The number of carboxylic acid groups (broad SMARTS) is 1. The molecule has 7 heteroatoms. The summed E-state index contributed by atoms with van der Waals surface area (Å²) in [6.07, 6.45) is 3.66. The zero-order valence-electron chi connectivity index (χ0n) is 19.4. The van der Waals surface area contributed by atoms with Crippen LogP contribution in [0.1, 0.15) is 64.2 Å². The van der Waals surface area contributed by atoms with E-state index in [1.165, 1.54) is 0 Å². The molecule has 0 amide bonds. The van der Waals surface area contributed by atoms with E-state index < -0.39 is 5.97 Å². The number of aryl methyl sites for hydroxylation is 2. The summed E-state index contributed by atoms with van der Waals surface area (Å²) in [7, 11) is 0. The number of aromatic nitrogens is 1. The molecule has 0 saturated heterocycles. The molecule has 1 fully saturated rings. The van der Waals surface area contributed by atoms with Crippen molar-refractivity contribution in [2.24, 2.45) is 0 Å². The number of benzene rings is 2. The number of carbonyl (C=O) groups is 1. The number of nitrogens with zero attached hydrogens (tertiary/aromatic N) is 2. The molecule has 0 unspecified atom stereocenters. The molecule has 1 heterocycles. The molecule has 0 aliphatic heterocycles. The second-order valence-corrected chi connectivity index (χ2v) is 8.66. The minimum absolute atomic E-state index is 0.0172. The van der Waals surface area contributed by atoms with Crippen LogP contribution in [-0.2, 0) is 22.7 Å². The normalized spacial score (nSPS) is 17.9. The van der Waals surface area contributed by atoms with Crippen molar-refractivity contribution in [2.75, 3.05) is 0 Å². The average molecular weight is 461 g/mol. The molecule has 176 valence electrons. The first-order chi connectivity index (χ1) is 16.4. The van der Waals surface area contributed by atoms with Crippen LogP contribution in [0.2, 0.25) is 0 Å². The third-order valence-electron chi connectivity index (χ3n) is 6.21. The molecule has 7 nitrogen and oxygen atoms in total. The molecule has 2 aromatic carbocycles. The summed E-state index contributed by atoms with van der Waals surface area (Å²) in [6.45, 7) is 4.27. The molecule has 1 aliphatic carbocycles. The Kier molecular flexibility index (Phi) is 7.41. The lowest BCUT2D eigenvalue weighted by Gasteiger charge is -2.29. The van der Waals surface area contributed by atoms with Crippen molar-refractivity contribution in [1.29, 1.82) is 5.26 Å². The van der Waals surface area contributed by atoms with E-state index in [9.17, 15) is 9.90 Å². The summed E-state index contributed by atoms with van der Waals surface area (Å²) < 4.78 is 18.1. The highest BCUT2D eigenvalue weighted by atomic mass is 16.5. The highest BCUT2D eigenvalue weighted by Gasteiger charge is 2.25. The maximum absolute atomic E-state index is 11.6. The number of oxazole rings is 1. The number of hydrogen-bond acceptors (Lipinski definition) is 6. The molecule has 0 bridgehead atoms. The predicted octanol–water partition coefficient (Wildman–Crippen LogP) is 5.57. The van der Waals surface area contributed by atoms with Crippen molar-refractivity contribution in [3.8, 4) is 17.5 Å². The fourth-order valence-electron chi connectivity index (χ4n) is 4.37. The lowest BCUT2D eigenvalue weighted by Crippen LogP contribution is -2.28. The maximum Gasteiger partial charge on any atom is 0.336 e. The molecule has 2 atom stereocenters. The summed E-state index contributed by atoms with van der Waals surface area (Å²) >= 11 is 0. The maximum atomic E-state index is 11.6. The lowest BCUT2D eigenvalue weighted by atomic mass is 9.94. The Morgan fingerprint density at radius 3 is 2.62 bits per heavy atom. The van der Waals surface area contributed by atoms with E-state index in [0.717, 1.165) is 42.5 Å². The highest BCUT2D eigenvalue weighted by molar-refractivity contribution is 5.91. The van der Waals surface area contributed by atoms with E-state index in [1.54, 1.807) is 25.1 Å². The first kappa shape index (κ1) is 23.7. The molecule has 4 rings (SSSR count). The van der Waals surface area contributed by atoms with E-state index in [1.807, 2.05) is 31.2 Å². The summed E-state index contributed by atoms with van der Waals surface area (Å²) in [4.78, 5) is 16.2. The monoisotopic (exact) mass is 460 g/mol. The summed E-state index contributed by atoms with van der Waals surface area (Å²) in [5.74, 6) is 0.246. The minimum atomic E-state index is -0.928. The molecular weight excluding hydrogens is 432 g/mol. The molecule has 1 saturated carbocycles. The largest absolute Gasteiger partial charge is 0.478 e. The smallest absolute Gasteiger partial charge is 0.336 e. The van der Waals surface area contributed by atoms with Crippen molar-refractivity contribution >= 4 is 5.97 Å². The predicted molar refractivity (Wildman–Crippen MR) is 125 cm³/mol. The number of nitriles is 1. The third kappa shape index (κ3) is 5.53. The summed E-state index contributed by atoms with van der Waals surface area (Å²) in [5.41, 5.74) is 3.81. The van der Waals surface area contributed by atoms with Crippen molar-refractivity contribution < 1.29 is 23.8 Å². The van der Waals surface area contributed by atoms with Gasteiger partial charge in [-0.15, -0.1) is 0 Å². The van der Waals surface area contributed by atoms with Crippen LogP contribution >= 0.6 is 0 Å². The van der Waals surface area contributed by atoms with Gasteiger partial charge in [-0.3, -0.25) is 0 Å². The molecule has 1 N–H and O–H groups in total. The van der Waals surface area contributed by atoms with Gasteiger partial charge < -0.3 is 19.0 Å². The van der Waals surface area contributed by atoms with Gasteiger partial charge in [-0.05, 0) is 68.9 Å². The van der Waals surface area contributed by atoms with Crippen LogP contribution < -0.4 is 0 Å². The van der Waals surface area contributed by atoms with Crippen molar-refractivity contribution in [2.45, 2.75) is 65.0 Å². The van der Waals surface area contributed by atoms with Gasteiger partial charge in [0.25, 0.3) is 0 Å². The SMILES string of the molecule is Cc1cccc(CO[C@@H]2CCC[C@H](OCc3nc(-c4cccc(C#N)c4)oc3C)C2)c1C(=O)O. The van der Waals surface area contributed by atoms with Crippen LogP contribution in [0.15, 0.2) is 46.9 Å². The van der Waals surface area contributed by atoms with Crippen LogP contribution in [0.3, 0.4) is 0 Å². The third-order valence-corrected chi connectivity index (χ3v) is 6.21. The van der Waals surface area contributed by atoms with Crippen molar-refractivity contribution in [3.63, 3.8) is 0 Å². The number of aromatic carboxylic acids is 1. The topological polar surface area (TPSA) is 106 Å². The highest BCUT2D eigenvalue weighted by Crippen LogP contribution is 2.28. The minimum Gasteiger partial charge on any atom is -0.478 e. The lowest BCUT2D eigenvalue weighted by molar-refractivity contribution is -0.0564. The number of rotatable bonds is 8. The van der Waals surface area contributed by atoms with Gasteiger partial charge in [0.05, 0.1) is 42.6 Å². The van der Waals surface area contributed by atoms with Gasteiger partial charge in [0.2, 0.25) is 5.89 Å². The standard InChI is InChI=1S/C27H28N2O5/c1-17-6-3-9-21(25(17)27(30)31)15-32-22-10-5-11-23(13-22)33-16-24-18(2)34-26(29-24)20-8-4-7-19(12-20)14-28/h3-4,6-9,12,22-23H,5,10-11,13,15-16H2,1-2H3,(H,30,31)/t22-,23+/m1/s1. The molecular formula is C27H28N2O5. The molecule has 0 spiro atoms. The number of carboxylic acids is 1.